The van der Waals surface area contributed by atoms with Crippen LogP contribution in [0.2, 0.25) is 0 Å². The van der Waals surface area contributed by atoms with Crippen LogP contribution in [-0.4, -0.2) is 42.9 Å². The molecule has 0 unspecified atom stereocenters. The highest BCUT2D eigenvalue weighted by Gasteiger charge is 2.24. The molecule has 168 valence electrons. The van der Waals surface area contributed by atoms with Crippen molar-refractivity contribution in [3.8, 4) is 11.5 Å². The molecule has 0 saturated carbocycles. The van der Waals surface area contributed by atoms with E-state index in [2.05, 4.69) is 34.4 Å². The van der Waals surface area contributed by atoms with Crippen LogP contribution in [0.25, 0.3) is 11.5 Å². The average Bonchev–Trinajstić information content (AvgIpc) is 3.14. The van der Waals surface area contributed by atoms with E-state index in [1.54, 1.807) is 0 Å². The molecule has 1 aliphatic rings. The quantitative estimate of drug-likeness (QED) is 0.591. The van der Waals surface area contributed by atoms with Gasteiger partial charge >= 0.3 is 6.03 Å². The summed E-state index contributed by atoms with van der Waals surface area (Å²) in [4.78, 5) is 19.4. The van der Waals surface area contributed by atoms with Crippen LogP contribution in [0.4, 0.5) is 16.2 Å². The van der Waals surface area contributed by atoms with Crippen molar-refractivity contribution in [2.24, 2.45) is 0 Å². The number of oxazole rings is 1. The Kier molecular flexibility index (Phi) is 6.75. The first-order valence-electron chi connectivity index (χ1n) is 11.1. The smallest absolute Gasteiger partial charge is 0.319 e. The van der Waals surface area contributed by atoms with Crippen LogP contribution in [-0.2, 0) is 11.2 Å². The number of nitrogens with zero attached hydrogens (tertiary/aromatic N) is 2. The summed E-state index contributed by atoms with van der Waals surface area (Å²) in [6.07, 6.45) is 0.884. The van der Waals surface area contributed by atoms with Gasteiger partial charge in [-0.1, -0.05) is 30.3 Å². The lowest BCUT2D eigenvalue weighted by atomic mass is 10.1. The van der Waals surface area contributed by atoms with Crippen molar-refractivity contribution in [3.05, 3.63) is 66.1 Å². The molecule has 1 aliphatic heterocycles. The minimum atomic E-state index is -0.240. The van der Waals surface area contributed by atoms with Crippen molar-refractivity contribution in [2.75, 3.05) is 29.9 Å². The molecule has 3 aromatic rings. The number of aryl methyl sites for hydroxylation is 1. The second kappa shape index (κ2) is 9.87. The predicted molar refractivity (Wildman–Crippen MR) is 126 cm³/mol. The van der Waals surface area contributed by atoms with Crippen LogP contribution < -0.4 is 15.5 Å². The Balaban J connectivity index is 1.34. The molecule has 1 fully saturated rings. The highest BCUT2D eigenvalue weighted by atomic mass is 16.5. The SMILES string of the molecule is Cc1oc(-c2ccccc2)nc1CCNC(=O)Nc1ccccc1N1C[C@@H](C)O[C@H](C)C1. The number of amides is 2. The summed E-state index contributed by atoms with van der Waals surface area (Å²) in [5.74, 6) is 1.37. The number of urea groups is 1. The van der Waals surface area contributed by atoms with Crippen LogP contribution >= 0.6 is 0 Å². The Morgan fingerprint density at radius 1 is 1.06 bits per heavy atom. The Hall–Kier alpha value is -3.32. The Bertz CT molecular complexity index is 1040. The summed E-state index contributed by atoms with van der Waals surface area (Å²) in [6.45, 7) is 8.08. The minimum absolute atomic E-state index is 0.145. The van der Waals surface area contributed by atoms with Crippen molar-refractivity contribution >= 4 is 17.4 Å². The number of ether oxygens (including phenoxy) is 1. The predicted octanol–water partition coefficient (Wildman–Crippen LogP) is 4.63. The summed E-state index contributed by atoms with van der Waals surface area (Å²) in [6, 6.07) is 17.4. The number of aromatic nitrogens is 1. The number of rotatable bonds is 6. The Morgan fingerprint density at radius 3 is 2.50 bits per heavy atom. The fraction of sp³-hybridized carbons (Fsp3) is 0.360. The van der Waals surface area contributed by atoms with Crippen LogP contribution in [0.15, 0.2) is 59.0 Å². The van der Waals surface area contributed by atoms with Crippen LogP contribution in [0, 0.1) is 6.92 Å². The molecular formula is C25H30N4O3. The molecule has 32 heavy (non-hydrogen) atoms. The first-order valence-corrected chi connectivity index (χ1v) is 11.1. The van der Waals surface area contributed by atoms with Gasteiger partial charge in [-0.25, -0.2) is 9.78 Å². The largest absolute Gasteiger partial charge is 0.441 e. The van der Waals surface area contributed by atoms with E-state index in [4.69, 9.17) is 9.15 Å². The number of carbonyl (C=O) groups is 1. The van der Waals surface area contributed by atoms with Crippen molar-refractivity contribution in [1.29, 1.82) is 0 Å². The minimum Gasteiger partial charge on any atom is -0.441 e. The van der Waals surface area contributed by atoms with Crippen LogP contribution in [0.3, 0.4) is 0 Å². The first-order chi connectivity index (χ1) is 15.5. The van der Waals surface area contributed by atoms with Gasteiger partial charge in [0.25, 0.3) is 0 Å². The van der Waals surface area contributed by atoms with E-state index in [1.165, 1.54) is 0 Å². The zero-order chi connectivity index (χ0) is 22.5. The number of para-hydroxylation sites is 2. The maximum atomic E-state index is 12.6. The number of nitrogens with one attached hydrogen (secondary N) is 2. The summed E-state index contributed by atoms with van der Waals surface area (Å²) in [5, 5.41) is 5.92. The van der Waals surface area contributed by atoms with Gasteiger partial charge in [0.05, 0.1) is 29.3 Å². The molecule has 7 heteroatoms. The van der Waals surface area contributed by atoms with E-state index in [-0.39, 0.29) is 18.2 Å². The van der Waals surface area contributed by atoms with Crippen LogP contribution in [0.5, 0.6) is 0 Å². The van der Waals surface area contributed by atoms with Crippen molar-refractivity contribution in [2.45, 2.75) is 39.4 Å². The lowest BCUT2D eigenvalue weighted by molar-refractivity contribution is -0.00517. The topological polar surface area (TPSA) is 79.6 Å². The van der Waals surface area contributed by atoms with Gasteiger partial charge < -0.3 is 24.7 Å². The molecule has 0 radical (unpaired) electrons. The fourth-order valence-corrected chi connectivity index (χ4v) is 4.05. The molecule has 0 spiro atoms. The summed E-state index contributed by atoms with van der Waals surface area (Å²) in [5.41, 5.74) is 3.58. The highest BCUT2D eigenvalue weighted by molar-refractivity contribution is 5.93. The third kappa shape index (κ3) is 5.29. The number of carbonyl (C=O) groups excluding carboxylic acids is 1. The monoisotopic (exact) mass is 434 g/mol. The number of hydrogen-bond acceptors (Lipinski definition) is 5. The second-order valence-electron chi connectivity index (χ2n) is 8.20. The van der Waals surface area contributed by atoms with Gasteiger partial charge in [0.1, 0.15) is 5.76 Å². The summed E-state index contributed by atoms with van der Waals surface area (Å²) in [7, 11) is 0. The number of benzene rings is 2. The van der Waals surface area contributed by atoms with Gasteiger partial charge in [-0.3, -0.25) is 0 Å². The average molecular weight is 435 g/mol. The summed E-state index contributed by atoms with van der Waals surface area (Å²) >= 11 is 0. The van der Waals surface area contributed by atoms with Gasteiger partial charge in [-0.15, -0.1) is 0 Å². The van der Waals surface area contributed by atoms with E-state index in [9.17, 15) is 4.79 Å². The molecule has 2 N–H and O–H groups in total. The molecule has 1 saturated heterocycles. The molecule has 4 rings (SSSR count). The van der Waals surface area contributed by atoms with E-state index in [1.807, 2.05) is 61.5 Å². The van der Waals surface area contributed by atoms with E-state index in [0.29, 0.717) is 18.9 Å². The molecule has 2 atom stereocenters. The lowest BCUT2D eigenvalue weighted by Crippen LogP contribution is -2.45. The zero-order valence-electron chi connectivity index (χ0n) is 18.8. The molecule has 7 nitrogen and oxygen atoms in total. The van der Waals surface area contributed by atoms with E-state index < -0.39 is 0 Å². The van der Waals surface area contributed by atoms with Gasteiger partial charge in [-0.2, -0.15) is 0 Å². The van der Waals surface area contributed by atoms with Crippen molar-refractivity contribution < 1.29 is 13.9 Å². The number of hydrogen-bond donors (Lipinski definition) is 2. The molecule has 2 amide bonds. The molecule has 2 aromatic carbocycles. The molecule has 2 heterocycles. The standard InChI is InChI=1S/C25H30N4O3/c1-17-15-29(16-18(2)31-17)23-12-8-7-11-22(23)28-25(30)26-14-13-21-19(3)32-24(27-21)20-9-5-4-6-10-20/h4-12,17-18H,13-16H2,1-3H3,(H2,26,28,30)/t17-,18-/m1/s1. The zero-order valence-corrected chi connectivity index (χ0v) is 18.8. The van der Waals surface area contributed by atoms with Gasteiger partial charge in [0.2, 0.25) is 5.89 Å². The molecule has 1 aromatic heterocycles. The van der Waals surface area contributed by atoms with Gasteiger partial charge in [-0.05, 0) is 45.0 Å². The van der Waals surface area contributed by atoms with Crippen LogP contribution in [0.1, 0.15) is 25.3 Å². The maximum Gasteiger partial charge on any atom is 0.319 e. The number of anilines is 2. The Labute approximate surface area is 188 Å². The maximum absolute atomic E-state index is 12.6. The molecule has 0 bridgehead atoms. The molecule has 0 aliphatic carbocycles. The Morgan fingerprint density at radius 2 is 1.75 bits per heavy atom. The lowest BCUT2D eigenvalue weighted by Gasteiger charge is -2.37. The van der Waals surface area contributed by atoms with Gasteiger partial charge in [0.15, 0.2) is 0 Å². The second-order valence-corrected chi connectivity index (χ2v) is 8.20. The molecular weight excluding hydrogens is 404 g/mol. The first kappa shape index (κ1) is 21.9. The van der Waals surface area contributed by atoms with E-state index in [0.717, 1.165) is 41.5 Å². The summed E-state index contributed by atoms with van der Waals surface area (Å²) < 4.78 is 11.6. The normalized spacial score (nSPS) is 18.4. The third-order valence-corrected chi connectivity index (χ3v) is 5.47. The number of morpholine rings is 1. The van der Waals surface area contributed by atoms with Crippen molar-refractivity contribution in [3.63, 3.8) is 0 Å². The third-order valence-electron chi connectivity index (χ3n) is 5.47. The highest BCUT2D eigenvalue weighted by Crippen LogP contribution is 2.28. The van der Waals surface area contributed by atoms with Gasteiger partial charge in [0, 0.05) is 31.6 Å². The fourth-order valence-electron chi connectivity index (χ4n) is 4.05. The van der Waals surface area contributed by atoms with Crippen molar-refractivity contribution in [1.82, 2.24) is 10.3 Å². The van der Waals surface area contributed by atoms with E-state index >= 15 is 0 Å².